The molecule has 0 saturated heterocycles. The highest BCUT2D eigenvalue weighted by atomic mass is 16.5. The van der Waals surface area contributed by atoms with Crippen LogP contribution >= 0.6 is 0 Å². The minimum absolute atomic E-state index is 0.0530. The van der Waals surface area contributed by atoms with E-state index in [1.54, 1.807) is 13.4 Å². The zero-order valence-electron chi connectivity index (χ0n) is 10.8. The molecule has 0 amide bonds. The number of aliphatic hydroxyl groups excluding tert-OH is 2. The van der Waals surface area contributed by atoms with E-state index >= 15 is 0 Å². The van der Waals surface area contributed by atoms with Crippen LogP contribution in [0.2, 0.25) is 0 Å². The van der Waals surface area contributed by atoms with E-state index in [4.69, 9.17) is 10.5 Å². The molecule has 0 spiro atoms. The maximum Gasteiger partial charge on any atom is 0.197 e. The van der Waals surface area contributed by atoms with Crippen molar-refractivity contribution in [1.82, 2.24) is 9.55 Å². The first-order valence-corrected chi connectivity index (χ1v) is 6.09. The number of anilines is 1. The van der Waals surface area contributed by atoms with Gasteiger partial charge in [-0.05, 0) is 6.42 Å². The van der Waals surface area contributed by atoms with E-state index < -0.39 is 6.23 Å². The summed E-state index contributed by atoms with van der Waals surface area (Å²) in [6, 6.07) is 0. The second-order valence-corrected chi connectivity index (χ2v) is 4.47. The Hall–Kier alpha value is -1.64. The number of rotatable bonds is 6. The molecule has 8 heteroatoms. The van der Waals surface area contributed by atoms with Crippen molar-refractivity contribution in [1.29, 1.82) is 0 Å². The lowest BCUT2D eigenvalue weighted by molar-refractivity contribution is 0.139. The van der Waals surface area contributed by atoms with E-state index in [2.05, 4.69) is 15.3 Å². The number of guanidine groups is 1. The van der Waals surface area contributed by atoms with Gasteiger partial charge >= 0.3 is 0 Å². The molecule has 1 aliphatic heterocycles. The van der Waals surface area contributed by atoms with Crippen LogP contribution in [0.5, 0.6) is 0 Å². The fourth-order valence-corrected chi connectivity index (χ4v) is 2.01. The van der Waals surface area contributed by atoms with E-state index in [9.17, 15) is 10.2 Å². The SMILES string of the molecule is COCC[C@@H](CO)Cn1cnc2c1NC(N)=NC2O. The van der Waals surface area contributed by atoms with Gasteiger partial charge in [-0.3, -0.25) is 0 Å². The summed E-state index contributed by atoms with van der Waals surface area (Å²) < 4.78 is 6.83. The highest BCUT2D eigenvalue weighted by molar-refractivity contribution is 5.93. The molecule has 2 rings (SSSR count). The first kappa shape index (κ1) is 13.8. The van der Waals surface area contributed by atoms with Crippen LogP contribution in [0, 0.1) is 5.92 Å². The molecule has 1 aromatic heterocycles. The first-order chi connectivity index (χ1) is 9.15. The van der Waals surface area contributed by atoms with Gasteiger partial charge in [-0.15, -0.1) is 0 Å². The molecule has 2 heterocycles. The summed E-state index contributed by atoms with van der Waals surface area (Å²) in [5.74, 6) is 0.826. The first-order valence-electron chi connectivity index (χ1n) is 6.09. The maximum atomic E-state index is 9.73. The number of nitrogens with one attached hydrogen (secondary N) is 1. The zero-order valence-corrected chi connectivity index (χ0v) is 10.8. The summed E-state index contributed by atoms with van der Waals surface area (Å²) >= 11 is 0. The topological polar surface area (TPSA) is 118 Å². The minimum Gasteiger partial charge on any atom is -0.396 e. The lowest BCUT2D eigenvalue weighted by Crippen LogP contribution is -2.30. The number of fused-ring (bicyclic) bond motifs is 1. The van der Waals surface area contributed by atoms with Crippen molar-refractivity contribution < 1.29 is 14.9 Å². The second-order valence-electron chi connectivity index (χ2n) is 4.47. The zero-order chi connectivity index (χ0) is 13.8. The number of nitrogens with two attached hydrogens (primary N) is 1. The molecular weight excluding hydrogens is 250 g/mol. The Morgan fingerprint density at radius 1 is 1.63 bits per heavy atom. The van der Waals surface area contributed by atoms with Gasteiger partial charge in [0.15, 0.2) is 12.2 Å². The van der Waals surface area contributed by atoms with Gasteiger partial charge in [-0.2, -0.15) is 0 Å². The van der Waals surface area contributed by atoms with E-state index in [1.807, 2.05) is 4.57 Å². The molecule has 0 bridgehead atoms. The van der Waals surface area contributed by atoms with Gasteiger partial charge in [-0.25, -0.2) is 9.98 Å². The number of imidazole rings is 1. The molecule has 0 saturated carbocycles. The molecular formula is C11H19N5O3. The predicted molar refractivity (Wildman–Crippen MR) is 69.5 cm³/mol. The van der Waals surface area contributed by atoms with Gasteiger partial charge in [0.2, 0.25) is 0 Å². The van der Waals surface area contributed by atoms with Crippen LogP contribution in [0.25, 0.3) is 0 Å². The van der Waals surface area contributed by atoms with Crippen LogP contribution in [0.1, 0.15) is 18.3 Å². The maximum absolute atomic E-state index is 9.73. The van der Waals surface area contributed by atoms with Crippen LogP contribution in [0.15, 0.2) is 11.3 Å². The van der Waals surface area contributed by atoms with E-state index in [-0.39, 0.29) is 18.5 Å². The standard InChI is InChI=1S/C11H19N5O3/c1-19-3-2-7(5-17)4-16-6-13-8-9(16)14-11(12)15-10(8)18/h6-7,10,17-18H,2-5H2,1H3,(H3,12,14,15)/t7-,10?/m1/s1. The third-order valence-electron chi connectivity index (χ3n) is 3.06. The number of aliphatic hydroxyl groups is 2. The highest BCUT2D eigenvalue weighted by Crippen LogP contribution is 2.26. The van der Waals surface area contributed by atoms with Crippen molar-refractivity contribution in [3.05, 3.63) is 12.0 Å². The summed E-state index contributed by atoms with van der Waals surface area (Å²) in [6.45, 7) is 1.21. The Kier molecular flexibility index (Phi) is 4.35. The van der Waals surface area contributed by atoms with Gasteiger partial charge in [0, 0.05) is 32.8 Å². The van der Waals surface area contributed by atoms with Crippen molar-refractivity contribution in [2.45, 2.75) is 19.2 Å². The Bertz CT molecular complexity index is 459. The summed E-state index contributed by atoms with van der Waals surface area (Å²) in [5, 5.41) is 22.0. The monoisotopic (exact) mass is 269 g/mol. The van der Waals surface area contributed by atoms with Crippen molar-refractivity contribution in [2.24, 2.45) is 16.6 Å². The van der Waals surface area contributed by atoms with E-state index in [1.165, 1.54) is 0 Å². The number of aromatic nitrogens is 2. The number of aliphatic imine (C=N–C) groups is 1. The van der Waals surface area contributed by atoms with Gasteiger partial charge in [-0.1, -0.05) is 0 Å². The molecule has 1 aromatic rings. The predicted octanol–water partition coefficient (Wildman–Crippen LogP) is -0.741. The molecule has 0 fully saturated rings. The Balaban J connectivity index is 2.10. The second kappa shape index (κ2) is 6.00. The van der Waals surface area contributed by atoms with Crippen LogP contribution in [-0.4, -0.2) is 46.0 Å². The van der Waals surface area contributed by atoms with Gasteiger partial charge < -0.3 is 30.6 Å². The summed E-state index contributed by atoms with van der Waals surface area (Å²) in [6.07, 6.45) is 1.31. The molecule has 1 unspecified atom stereocenters. The number of methoxy groups -OCH3 is 1. The molecule has 0 aromatic carbocycles. The molecule has 0 radical (unpaired) electrons. The average molecular weight is 269 g/mol. The van der Waals surface area contributed by atoms with Crippen LogP contribution in [0.3, 0.4) is 0 Å². The summed E-state index contributed by atoms with van der Waals surface area (Å²) in [5.41, 5.74) is 6.02. The fraction of sp³-hybridized carbons (Fsp3) is 0.636. The third-order valence-corrected chi connectivity index (χ3v) is 3.06. The van der Waals surface area contributed by atoms with Gasteiger partial charge in [0.05, 0.1) is 6.33 Å². The molecule has 106 valence electrons. The number of nitrogens with zero attached hydrogens (tertiary/aromatic N) is 3. The Morgan fingerprint density at radius 2 is 2.42 bits per heavy atom. The lowest BCUT2D eigenvalue weighted by atomic mass is 10.1. The number of ether oxygens (including phenoxy) is 1. The Labute approximate surface area is 110 Å². The van der Waals surface area contributed by atoms with Crippen molar-refractivity contribution in [3.8, 4) is 0 Å². The van der Waals surface area contributed by atoms with Gasteiger partial charge in [0.1, 0.15) is 11.5 Å². The lowest BCUT2D eigenvalue weighted by Gasteiger charge is -2.20. The summed E-state index contributed by atoms with van der Waals surface area (Å²) in [7, 11) is 1.63. The largest absolute Gasteiger partial charge is 0.396 e. The highest BCUT2D eigenvalue weighted by Gasteiger charge is 2.24. The smallest absolute Gasteiger partial charge is 0.197 e. The van der Waals surface area contributed by atoms with E-state index in [0.29, 0.717) is 24.7 Å². The third kappa shape index (κ3) is 3.03. The average Bonchev–Trinajstić information content (AvgIpc) is 2.77. The molecule has 5 N–H and O–H groups in total. The molecule has 0 aliphatic carbocycles. The normalized spacial score (nSPS) is 19.5. The van der Waals surface area contributed by atoms with Crippen LogP contribution in [-0.2, 0) is 11.3 Å². The fourth-order valence-electron chi connectivity index (χ4n) is 2.01. The number of hydrogen-bond acceptors (Lipinski definition) is 7. The molecule has 8 nitrogen and oxygen atoms in total. The van der Waals surface area contributed by atoms with E-state index in [0.717, 1.165) is 6.42 Å². The van der Waals surface area contributed by atoms with Crippen molar-refractivity contribution >= 4 is 11.8 Å². The molecule has 2 atom stereocenters. The molecule has 19 heavy (non-hydrogen) atoms. The molecule has 1 aliphatic rings. The van der Waals surface area contributed by atoms with Crippen molar-refractivity contribution in [3.63, 3.8) is 0 Å². The van der Waals surface area contributed by atoms with Gasteiger partial charge in [0.25, 0.3) is 0 Å². The summed E-state index contributed by atoms with van der Waals surface area (Å²) in [4.78, 5) is 7.89. The van der Waals surface area contributed by atoms with Crippen LogP contribution < -0.4 is 11.1 Å². The Morgan fingerprint density at radius 3 is 3.11 bits per heavy atom. The van der Waals surface area contributed by atoms with Crippen LogP contribution in [0.4, 0.5) is 5.82 Å². The quantitative estimate of drug-likeness (QED) is 0.540. The van der Waals surface area contributed by atoms with Crippen molar-refractivity contribution in [2.75, 3.05) is 25.6 Å². The number of hydrogen-bond donors (Lipinski definition) is 4. The minimum atomic E-state index is -1.04.